The Morgan fingerprint density at radius 2 is 1.63 bits per heavy atom. The summed E-state index contributed by atoms with van der Waals surface area (Å²) in [5.74, 6) is 2.59. The fourth-order valence-electron chi connectivity index (χ4n) is 6.38. The van der Waals surface area contributed by atoms with Crippen LogP contribution in [-0.4, -0.2) is 56.0 Å². The molecule has 2 atom stereocenters. The molecule has 0 saturated carbocycles. The highest BCUT2D eigenvalue weighted by molar-refractivity contribution is 7.98. The van der Waals surface area contributed by atoms with Gasteiger partial charge in [0.15, 0.2) is 0 Å². The molecule has 0 unspecified atom stereocenters. The molecule has 10 heteroatoms. The van der Waals surface area contributed by atoms with Gasteiger partial charge < -0.3 is 29.6 Å². The SMILES string of the molecule is COc1cc(OC)cc(C(=O)Nc2cc(C(=O)NCCSCc3ccccc3)ccc2N2C[C@@H]3C[C@@H](C2)c2cccc(=O)n2C3)c1. The van der Waals surface area contributed by atoms with E-state index in [1.807, 2.05) is 47.0 Å². The van der Waals surface area contributed by atoms with E-state index < -0.39 is 0 Å². The van der Waals surface area contributed by atoms with Crippen LogP contribution in [0.1, 0.15) is 44.3 Å². The van der Waals surface area contributed by atoms with Crippen molar-refractivity contribution in [2.45, 2.75) is 24.6 Å². The van der Waals surface area contributed by atoms with E-state index in [2.05, 4.69) is 27.7 Å². The van der Waals surface area contributed by atoms with Crippen LogP contribution in [0.15, 0.2) is 89.7 Å². The van der Waals surface area contributed by atoms with Gasteiger partial charge in [-0.1, -0.05) is 36.4 Å². The molecule has 1 saturated heterocycles. The van der Waals surface area contributed by atoms with Gasteiger partial charge in [-0.2, -0.15) is 11.8 Å². The third-order valence-corrected chi connectivity index (χ3v) is 9.61. The molecule has 1 aromatic heterocycles. The number of piperidine rings is 1. The lowest BCUT2D eigenvalue weighted by molar-refractivity contribution is 0.0954. The van der Waals surface area contributed by atoms with Gasteiger partial charge in [-0.3, -0.25) is 14.4 Å². The first-order valence-electron chi connectivity index (χ1n) is 15.4. The van der Waals surface area contributed by atoms with Crippen LogP contribution in [0.25, 0.3) is 0 Å². The largest absolute Gasteiger partial charge is 0.497 e. The van der Waals surface area contributed by atoms with Crippen molar-refractivity contribution in [3.63, 3.8) is 0 Å². The third kappa shape index (κ3) is 7.07. The summed E-state index contributed by atoms with van der Waals surface area (Å²) in [6.07, 6.45) is 1.01. The standard InChI is InChI=1S/C36H38N4O5S/c1-44-29-16-27(17-30(19-29)45-2)36(43)38-31-18-26(35(42)37-13-14-46-23-24-7-4-3-5-8-24)11-12-33(31)39-20-25-15-28(22-39)32-9-6-10-34(41)40(32)21-25/h3-12,16-19,25,28H,13-15,20-23H2,1-2H3,(H,37,42)(H,38,43)/t25-,28-/m0/s1. The van der Waals surface area contributed by atoms with Crippen LogP contribution in [0.5, 0.6) is 11.5 Å². The summed E-state index contributed by atoms with van der Waals surface area (Å²) in [4.78, 5) is 41.7. The number of benzene rings is 3. The van der Waals surface area contributed by atoms with Gasteiger partial charge in [0.2, 0.25) is 0 Å². The molecule has 46 heavy (non-hydrogen) atoms. The smallest absolute Gasteiger partial charge is 0.255 e. The van der Waals surface area contributed by atoms with E-state index in [1.165, 1.54) is 19.8 Å². The van der Waals surface area contributed by atoms with Crippen molar-refractivity contribution in [3.05, 3.63) is 118 Å². The Morgan fingerprint density at radius 3 is 2.39 bits per heavy atom. The highest BCUT2D eigenvalue weighted by atomic mass is 32.2. The number of rotatable bonds is 11. The minimum absolute atomic E-state index is 0.0381. The minimum atomic E-state index is -0.345. The average Bonchev–Trinajstić information content (AvgIpc) is 3.08. The van der Waals surface area contributed by atoms with Crippen molar-refractivity contribution >= 4 is 35.0 Å². The normalized spacial score (nSPS) is 16.7. The summed E-state index contributed by atoms with van der Waals surface area (Å²) in [5, 5.41) is 6.10. The summed E-state index contributed by atoms with van der Waals surface area (Å²) in [5.41, 5.74) is 4.55. The van der Waals surface area contributed by atoms with Crippen LogP contribution >= 0.6 is 11.8 Å². The summed E-state index contributed by atoms with van der Waals surface area (Å²) < 4.78 is 12.7. The number of nitrogens with zero attached hydrogens (tertiary/aromatic N) is 2. The fourth-order valence-corrected chi connectivity index (χ4v) is 7.20. The Balaban J connectivity index is 1.23. The molecule has 3 heterocycles. The van der Waals surface area contributed by atoms with E-state index in [0.29, 0.717) is 47.9 Å². The molecule has 238 valence electrons. The molecule has 2 aliphatic rings. The van der Waals surface area contributed by atoms with Crippen molar-refractivity contribution < 1.29 is 19.1 Å². The Kier molecular flexibility index (Phi) is 9.63. The third-order valence-electron chi connectivity index (χ3n) is 8.58. The molecule has 1 fully saturated rings. The predicted octanol–water partition coefficient (Wildman–Crippen LogP) is 5.40. The summed E-state index contributed by atoms with van der Waals surface area (Å²) >= 11 is 1.76. The molecule has 2 aliphatic heterocycles. The lowest BCUT2D eigenvalue weighted by atomic mass is 9.83. The fraction of sp³-hybridized carbons (Fsp3) is 0.306. The van der Waals surface area contributed by atoms with Crippen LogP contribution in [0.4, 0.5) is 11.4 Å². The topological polar surface area (TPSA) is 102 Å². The molecule has 4 aromatic rings. The molecule has 2 amide bonds. The highest BCUT2D eigenvalue weighted by Gasteiger charge is 2.35. The summed E-state index contributed by atoms with van der Waals surface area (Å²) in [7, 11) is 3.08. The van der Waals surface area contributed by atoms with Crippen molar-refractivity contribution in [3.8, 4) is 11.5 Å². The van der Waals surface area contributed by atoms with Gasteiger partial charge in [0.25, 0.3) is 17.4 Å². The first-order valence-corrected chi connectivity index (χ1v) is 16.6. The summed E-state index contributed by atoms with van der Waals surface area (Å²) in [6.45, 7) is 2.62. The van der Waals surface area contributed by atoms with Crippen molar-refractivity contribution in [2.24, 2.45) is 5.92 Å². The predicted molar refractivity (Wildman–Crippen MR) is 183 cm³/mol. The molecule has 0 radical (unpaired) electrons. The second-order valence-electron chi connectivity index (χ2n) is 11.7. The number of ether oxygens (including phenoxy) is 2. The van der Waals surface area contributed by atoms with Crippen molar-refractivity contribution in [1.29, 1.82) is 0 Å². The van der Waals surface area contributed by atoms with Gasteiger partial charge in [0.05, 0.1) is 25.6 Å². The van der Waals surface area contributed by atoms with Gasteiger partial charge in [0, 0.05) is 72.6 Å². The van der Waals surface area contributed by atoms with Crippen LogP contribution in [0, 0.1) is 5.92 Å². The van der Waals surface area contributed by atoms with E-state index in [9.17, 15) is 14.4 Å². The maximum Gasteiger partial charge on any atom is 0.255 e. The molecule has 6 rings (SSSR count). The number of anilines is 2. The van der Waals surface area contributed by atoms with Gasteiger partial charge in [-0.15, -0.1) is 0 Å². The number of fused-ring (bicyclic) bond motifs is 4. The number of thioether (sulfide) groups is 1. The molecule has 3 aromatic carbocycles. The summed E-state index contributed by atoms with van der Waals surface area (Å²) in [6, 6.07) is 26.2. The zero-order valence-electron chi connectivity index (χ0n) is 26.0. The van der Waals surface area contributed by atoms with Gasteiger partial charge >= 0.3 is 0 Å². The number of hydrogen-bond donors (Lipinski definition) is 2. The van der Waals surface area contributed by atoms with Crippen LogP contribution in [0.3, 0.4) is 0 Å². The van der Waals surface area contributed by atoms with Crippen LogP contribution in [0.2, 0.25) is 0 Å². The Labute approximate surface area is 272 Å². The quantitative estimate of drug-likeness (QED) is 0.212. The second kappa shape index (κ2) is 14.2. The van der Waals surface area contributed by atoms with Gasteiger partial charge in [0.1, 0.15) is 11.5 Å². The molecule has 9 nitrogen and oxygen atoms in total. The van der Waals surface area contributed by atoms with E-state index in [-0.39, 0.29) is 29.2 Å². The molecule has 2 N–H and O–H groups in total. The Bertz CT molecular complexity index is 1750. The lowest BCUT2D eigenvalue weighted by Crippen LogP contribution is -2.47. The second-order valence-corrected chi connectivity index (χ2v) is 12.8. The van der Waals surface area contributed by atoms with Crippen LogP contribution in [-0.2, 0) is 12.3 Å². The maximum atomic E-state index is 13.6. The molecule has 2 bridgehead atoms. The number of amides is 2. The minimum Gasteiger partial charge on any atom is -0.497 e. The molecular weight excluding hydrogens is 600 g/mol. The number of aromatic nitrogens is 1. The van der Waals surface area contributed by atoms with E-state index in [0.717, 1.165) is 35.9 Å². The first-order chi connectivity index (χ1) is 22.4. The number of carbonyl (C=O) groups is 2. The van der Waals surface area contributed by atoms with Crippen molar-refractivity contribution in [1.82, 2.24) is 9.88 Å². The maximum absolute atomic E-state index is 13.6. The monoisotopic (exact) mass is 638 g/mol. The van der Waals surface area contributed by atoms with Gasteiger partial charge in [-0.25, -0.2) is 0 Å². The number of carbonyl (C=O) groups excluding carboxylic acids is 2. The van der Waals surface area contributed by atoms with Crippen molar-refractivity contribution in [2.75, 3.05) is 49.8 Å². The molecule has 0 aliphatic carbocycles. The number of methoxy groups -OCH3 is 2. The van der Waals surface area contributed by atoms with E-state index >= 15 is 0 Å². The first kappa shape index (κ1) is 31.3. The Morgan fingerprint density at radius 1 is 0.848 bits per heavy atom. The van der Waals surface area contributed by atoms with E-state index in [1.54, 1.807) is 42.1 Å². The number of hydrogen-bond acceptors (Lipinski definition) is 7. The molecule has 0 spiro atoms. The highest BCUT2D eigenvalue weighted by Crippen LogP contribution is 2.39. The van der Waals surface area contributed by atoms with E-state index in [4.69, 9.17) is 9.47 Å². The zero-order valence-corrected chi connectivity index (χ0v) is 26.8. The Hall–Kier alpha value is -4.70. The van der Waals surface area contributed by atoms with Gasteiger partial charge in [-0.05, 0) is 54.3 Å². The van der Waals surface area contributed by atoms with Crippen LogP contribution < -0.4 is 30.6 Å². The number of pyridine rings is 1. The zero-order chi connectivity index (χ0) is 32.0. The number of nitrogens with one attached hydrogen (secondary N) is 2. The lowest BCUT2D eigenvalue weighted by Gasteiger charge is -2.44. The average molecular weight is 639 g/mol. The molecular formula is C36H38N4O5S.